The second-order valence-corrected chi connectivity index (χ2v) is 4.63. The van der Waals surface area contributed by atoms with Gasteiger partial charge in [-0.1, -0.05) is 0 Å². The molecular weight excluding hydrogens is 299 g/mol. The van der Waals surface area contributed by atoms with E-state index in [2.05, 4.69) is 10.1 Å². The van der Waals surface area contributed by atoms with Crippen LogP contribution in [0.5, 0.6) is 5.75 Å². The van der Waals surface area contributed by atoms with Crippen LogP contribution in [-0.4, -0.2) is 12.3 Å². The fourth-order valence-electron chi connectivity index (χ4n) is 1.82. The fourth-order valence-corrected chi connectivity index (χ4v) is 1.82. The maximum Gasteiger partial charge on any atom is 0.573 e. The first kappa shape index (κ1) is 15.9. The number of anilines is 1. The van der Waals surface area contributed by atoms with Gasteiger partial charge < -0.3 is 14.5 Å². The van der Waals surface area contributed by atoms with E-state index < -0.39 is 6.36 Å². The minimum absolute atomic E-state index is 0.216. The zero-order chi connectivity index (χ0) is 16.2. The third-order valence-corrected chi connectivity index (χ3v) is 2.77. The van der Waals surface area contributed by atoms with Gasteiger partial charge in [-0.15, -0.1) is 13.2 Å². The average Bonchev–Trinajstić information content (AvgIpc) is 2.83. The number of carbonyl (C=O) groups is 1. The van der Waals surface area contributed by atoms with E-state index in [1.807, 2.05) is 13.0 Å². The number of aryl methyl sites for hydroxylation is 2. The molecule has 22 heavy (non-hydrogen) atoms. The number of hydrogen-bond acceptors (Lipinski definition) is 3. The van der Waals surface area contributed by atoms with Crippen LogP contribution in [0.15, 0.2) is 40.8 Å². The van der Waals surface area contributed by atoms with Gasteiger partial charge in [0.15, 0.2) is 0 Å². The SMILES string of the molecule is Cc1ccc(CCC(=O)Nc2ccc(OC(F)(F)F)cc2)o1. The molecule has 1 N–H and O–H groups in total. The van der Waals surface area contributed by atoms with E-state index in [1.54, 1.807) is 6.07 Å². The monoisotopic (exact) mass is 313 g/mol. The van der Waals surface area contributed by atoms with Crippen molar-refractivity contribution in [2.45, 2.75) is 26.1 Å². The van der Waals surface area contributed by atoms with Crippen molar-refractivity contribution in [3.8, 4) is 5.75 Å². The zero-order valence-corrected chi connectivity index (χ0v) is 11.7. The quantitative estimate of drug-likeness (QED) is 0.905. The van der Waals surface area contributed by atoms with Crippen molar-refractivity contribution in [3.05, 3.63) is 47.9 Å². The van der Waals surface area contributed by atoms with Crippen molar-refractivity contribution in [2.24, 2.45) is 0 Å². The molecule has 118 valence electrons. The van der Waals surface area contributed by atoms with Crippen LogP contribution in [-0.2, 0) is 11.2 Å². The Hall–Kier alpha value is -2.44. The summed E-state index contributed by atoms with van der Waals surface area (Å²) in [6.07, 6.45) is -4.06. The summed E-state index contributed by atoms with van der Waals surface area (Å²) >= 11 is 0. The van der Waals surface area contributed by atoms with Gasteiger partial charge >= 0.3 is 6.36 Å². The Kier molecular flexibility index (Phi) is 4.75. The molecule has 0 atom stereocenters. The third-order valence-electron chi connectivity index (χ3n) is 2.77. The molecule has 0 aliphatic carbocycles. The number of amides is 1. The Balaban J connectivity index is 1.83. The third kappa shape index (κ3) is 5.16. The van der Waals surface area contributed by atoms with Crippen LogP contribution in [0.2, 0.25) is 0 Å². The largest absolute Gasteiger partial charge is 0.573 e. The van der Waals surface area contributed by atoms with Gasteiger partial charge in [-0.05, 0) is 43.3 Å². The van der Waals surface area contributed by atoms with Crippen molar-refractivity contribution in [3.63, 3.8) is 0 Å². The lowest BCUT2D eigenvalue weighted by Gasteiger charge is -2.09. The minimum atomic E-state index is -4.73. The summed E-state index contributed by atoms with van der Waals surface area (Å²) in [7, 11) is 0. The van der Waals surface area contributed by atoms with Crippen molar-refractivity contribution in [1.29, 1.82) is 0 Å². The van der Waals surface area contributed by atoms with Crippen LogP contribution in [0, 0.1) is 6.92 Å². The van der Waals surface area contributed by atoms with Gasteiger partial charge in [0.1, 0.15) is 17.3 Å². The first-order valence-electron chi connectivity index (χ1n) is 6.53. The van der Waals surface area contributed by atoms with Crippen LogP contribution in [0.1, 0.15) is 17.9 Å². The minimum Gasteiger partial charge on any atom is -0.466 e. The molecule has 0 saturated carbocycles. The maximum absolute atomic E-state index is 12.0. The highest BCUT2D eigenvalue weighted by molar-refractivity contribution is 5.90. The summed E-state index contributed by atoms with van der Waals surface area (Å²) in [5, 5.41) is 2.59. The molecule has 0 bridgehead atoms. The molecular formula is C15H14F3NO3. The van der Waals surface area contributed by atoms with Gasteiger partial charge in [0.25, 0.3) is 0 Å². The molecule has 7 heteroatoms. The van der Waals surface area contributed by atoms with Crippen molar-refractivity contribution in [1.82, 2.24) is 0 Å². The molecule has 0 unspecified atom stereocenters. The molecule has 0 radical (unpaired) electrons. The summed E-state index contributed by atoms with van der Waals surface area (Å²) in [6, 6.07) is 8.57. The Bertz CT molecular complexity index is 632. The number of nitrogens with one attached hydrogen (secondary N) is 1. The van der Waals surface area contributed by atoms with Gasteiger partial charge in [-0.3, -0.25) is 4.79 Å². The van der Waals surface area contributed by atoms with Crippen molar-refractivity contribution < 1.29 is 27.1 Å². The molecule has 2 rings (SSSR count). The molecule has 0 aliphatic heterocycles. The van der Waals surface area contributed by atoms with Gasteiger partial charge in [0, 0.05) is 18.5 Å². The average molecular weight is 313 g/mol. The molecule has 1 aromatic heterocycles. The fraction of sp³-hybridized carbons (Fsp3) is 0.267. The molecule has 0 saturated heterocycles. The number of ether oxygens (including phenoxy) is 1. The van der Waals surface area contributed by atoms with E-state index in [0.29, 0.717) is 17.9 Å². The number of halogens is 3. The van der Waals surface area contributed by atoms with Gasteiger partial charge in [-0.25, -0.2) is 0 Å². The number of rotatable bonds is 5. The number of benzene rings is 1. The van der Waals surface area contributed by atoms with Crippen LogP contribution in [0.3, 0.4) is 0 Å². The molecule has 1 amide bonds. The van der Waals surface area contributed by atoms with Crippen LogP contribution < -0.4 is 10.1 Å². The molecule has 1 heterocycles. The highest BCUT2D eigenvalue weighted by Crippen LogP contribution is 2.24. The lowest BCUT2D eigenvalue weighted by Crippen LogP contribution is -2.17. The van der Waals surface area contributed by atoms with Crippen molar-refractivity contribution in [2.75, 3.05) is 5.32 Å². The first-order chi connectivity index (χ1) is 10.3. The molecule has 1 aromatic carbocycles. The Morgan fingerprint density at radius 3 is 2.41 bits per heavy atom. The second-order valence-electron chi connectivity index (χ2n) is 4.63. The highest BCUT2D eigenvalue weighted by Gasteiger charge is 2.30. The van der Waals surface area contributed by atoms with E-state index >= 15 is 0 Å². The summed E-state index contributed by atoms with van der Waals surface area (Å²) < 4.78 is 45.1. The van der Waals surface area contributed by atoms with E-state index in [0.717, 1.165) is 17.9 Å². The van der Waals surface area contributed by atoms with E-state index in [9.17, 15) is 18.0 Å². The zero-order valence-electron chi connectivity index (χ0n) is 11.7. The van der Waals surface area contributed by atoms with Gasteiger partial charge in [0.2, 0.25) is 5.91 Å². The number of furan rings is 1. The summed E-state index contributed by atoms with van der Waals surface area (Å²) in [5.41, 5.74) is 0.398. The first-order valence-corrected chi connectivity index (χ1v) is 6.53. The van der Waals surface area contributed by atoms with Crippen LogP contribution in [0.25, 0.3) is 0 Å². The second kappa shape index (κ2) is 6.55. The molecule has 2 aromatic rings. The normalized spacial score (nSPS) is 11.3. The van der Waals surface area contributed by atoms with Crippen LogP contribution >= 0.6 is 0 Å². The van der Waals surface area contributed by atoms with E-state index in [1.165, 1.54) is 12.1 Å². The Morgan fingerprint density at radius 2 is 1.86 bits per heavy atom. The van der Waals surface area contributed by atoms with Crippen molar-refractivity contribution >= 4 is 11.6 Å². The predicted molar refractivity (Wildman–Crippen MR) is 73.5 cm³/mol. The number of hydrogen-bond donors (Lipinski definition) is 1. The smallest absolute Gasteiger partial charge is 0.466 e. The predicted octanol–water partition coefficient (Wildman–Crippen LogP) is 4.06. The molecule has 0 aliphatic rings. The molecule has 0 fully saturated rings. The molecule has 4 nitrogen and oxygen atoms in total. The van der Waals surface area contributed by atoms with Crippen LogP contribution in [0.4, 0.5) is 18.9 Å². The standard InChI is InChI=1S/C15H14F3NO3/c1-10-2-5-12(21-10)8-9-14(20)19-11-3-6-13(7-4-11)22-15(16,17)18/h2-7H,8-9H2,1H3,(H,19,20). The topological polar surface area (TPSA) is 51.5 Å². The Labute approximate surface area is 124 Å². The number of alkyl halides is 3. The maximum atomic E-state index is 12.0. The summed E-state index contributed by atoms with van der Waals surface area (Å²) in [6.45, 7) is 1.81. The number of carbonyl (C=O) groups excluding carboxylic acids is 1. The summed E-state index contributed by atoms with van der Waals surface area (Å²) in [5.74, 6) is 0.896. The lowest BCUT2D eigenvalue weighted by molar-refractivity contribution is -0.274. The Morgan fingerprint density at radius 1 is 1.18 bits per heavy atom. The van der Waals surface area contributed by atoms with E-state index in [4.69, 9.17) is 4.42 Å². The summed E-state index contributed by atoms with van der Waals surface area (Å²) in [4.78, 5) is 11.7. The molecule has 0 spiro atoms. The highest BCUT2D eigenvalue weighted by atomic mass is 19.4. The lowest BCUT2D eigenvalue weighted by atomic mass is 10.2. The van der Waals surface area contributed by atoms with Gasteiger partial charge in [-0.2, -0.15) is 0 Å². The van der Waals surface area contributed by atoms with Gasteiger partial charge in [0.05, 0.1) is 0 Å². The van der Waals surface area contributed by atoms with E-state index in [-0.39, 0.29) is 18.1 Å².